The molecule has 31 heavy (non-hydrogen) atoms. The number of rotatable bonds is 9. The van der Waals surface area contributed by atoms with Crippen LogP contribution in [-0.2, 0) is 0 Å². The number of anilines is 3. The minimum Gasteiger partial charge on any atom is -0.435 e. The van der Waals surface area contributed by atoms with Crippen LogP contribution >= 0.6 is 0 Å². The molecule has 0 aliphatic carbocycles. The second-order valence-electron chi connectivity index (χ2n) is 6.81. The Morgan fingerprint density at radius 2 is 2.06 bits per heavy atom. The highest BCUT2D eigenvalue weighted by molar-refractivity contribution is 5.66. The smallest absolute Gasteiger partial charge is 0.325 e. The number of nitrogens with zero attached hydrogens (tertiary/aromatic N) is 3. The highest BCUT2D eigenvalue weighted by Gasteiger charge is 2.24. The number of azo groups is 1. The molecule has 0 unspecified atom stereocenters. The zero-order chi connectivity index (χ0) is 22.2. The molecule has 1 heterocycles. The van der Waals surface area contributed by atoms with Gasteiger partial charge in [-0.05, 0) is 63.3 Å². The number of nitrogen functional groups attached to an aromatic ring is 1. The van der Waals surface area contributed by atoms with Crippen molar-refractivity contribution in [3.8, 4) is 11.5 Å². The Bertz CT molecular complexity index is 1010. The fourth-order valence-corrected chi connectivity index (χ4v) is 3.10. The molecule has 7 heteroatoms. The summed E-state index contributed by atoms with van der Waals surface area (Å²) in [4.78, 5) is 2.23. The first-order valence-electron chi connectivity index (χ1n) is 10.3. The number of ether oxygens (including phenoxy) is 2. The Morgan fingerprint density at radius 1 is 1.26 bits per heavy atom. The first-order valence-corrected chi connectivity index (χ1v) is 10.3. The largest absolute Gasteiger partial charge is 0.435 e. The van der Waals surface area contributed by atoms with E-state index in [9.17, 15) is 0 Å². The molecule has 0 radical (unpaired) electrons. The molecular formula is C24H29N5O2. The number of fused-ring (bicyclic) bond motifs is 1. The Kier molecular flexibility index (Phi) is 7.32. The van der Waals surface area contributed by atoms with Gasteiger partial charge in [-0.1, -0.05) is 18.7 Å². The highest BCUT2D eigenvalue weighted by atomic mass is 16.7. The summed E-state index contributed by atoms with van der Waals surface area (Å²) in [5, 5.41) is 11.7. The van der Waals surface area contributed by atoms with E-state index in [0.717, 1.165) is 24.5 Å². The normalized spacial score (nSPS) is 15.6. The van der Waals surface area contributed by atoms with Gasteiger partial charge in [0.05, 0.1) is 22.8 Å². The lowest BCUT2D eigenvalue weighted by Crippen LogP contribution is -2.28. The molecule has 2 aromatic rings. The number of benzene rings is 2. The summed E-state index contributed by atoms with van der Waals surface area (Å²) in [7, 11) is 0. The molecule has 0 spiro atoms. The summed E-state index contributed by atoms with van der Waals surface area (Å²) in [5.74, 6) is 1.25. The van der Waals surface area contributed by atoms with Crippen molar-refractivity contribution in [2.75, 3.05) is 29.0 Å². The predicted molar refractivity (Wildman–Crippen MR) is 127 cm³/mol. The summed E-state index contributed by atoms with van der Waals surface area (Å²) < 4.78 is 11.9. The molecule has 3 N–H and O–H groups in total. The second-order valence-corrected chi connectivity index (χ2v) is 6.81. The van der Waals surface area contributed by atoms with Crippen molar-refractivity contribution in [3.05, 3.63) is 73.0 Å². The van der Waals surface area contributed by atoms with Gasteiger partial charge in [-0.3, -0.25) is 0 Å². The molecular weight excluding hydrogens is 390 g/mol. The van der Waals surface area contributed by atoms with Crippen LogP contribution in [0.4, 0.5) is 22.7 Å². The third kappa shape index (κ3) is 5.45. The van der Waals surface area contributed by atoms with E-state index in [1.165, 1.54) is 0 Å². The maximum Gasteiger partial charge on any atom is 0.325 e. The number of hydrogen-bond donors (Lipinski definition) is 2. The van der Waals surface area contributed by atoms with E-state index in [1.54, 1.807) is 6.08 Å². The van der Waals surface area contributed by atoms with Crippen LogP contribution in [-0.4, -0.2) is 19.5 Å². The van der Waals surface area contributed by atoms with E-state index in [-0.39, 0.29) is 0 Å². The van der Waals surface area contributed by atoms with Crippen molar-refractivity contribution in [2.45, 2.75) is 27.2 Å². The Balaban J connectivity index is 1.72. The van der Waals surface area contributed by atoms with E-state index < -0.39 is 6.41 Å². The molecule has 7 nitrogen and oxygen atoms in total. The fraction of sp³-hybridized carbons (Fsp3) is 0.250. The van der Waals surface area contributed by atoms with Gasteiger partial charge in [-0.2, -0.15) is 10.2 Å². The Morgan fingerprint density at radius 3 is 2.77 bits per heavy atom. The topological polar surface area (TPSA) is 84.5 Å². The highest BCUT2D eigenvalue weighted by Crippen LogP contribution is 2.37. The van der Waals surface area contributed by atoms with Gasteiger partial charge in [0.1, 0.15) is 5.75 Å². The van der Waals surface area contributed by atoms with Crippen LogP contribution in [0.15, 0.2) is 83.2 Å². The molecule has 0 aromatic heterocycles. The van der Waals surface area contributed by atoms with Crippen LogP contribution in [0.3, 0.4) is 0 Å². The van der Waals surface area contributed by atoms with Gasteiger partial charge in [-0.25, -0.2) is 0 Å². The van der Waals surface area contributed by atoms with Gasteiger partial charge in [0.25, 0.3) is 0 Å². The number of nitrogens with two attached hydrogens (primary N) is 1. The van der Waals surface area contributed by atoms with Crippen molar-refractivity contribution in [2.24, 2.45) is 10.2 Å². The SMILES string of the molecule is C=C/C(=C\C=C/C)N=Nc1ccc2c(c1)N[C@@H](Oc1cc(N(CC)CC)ccc1N)O2. The van der Waals surface area contributed by atoms with Crippen molar-refractivity contribution in [1.82, 2.24) is 0 Å². The predicted octanol–water partition coefficient (Wildman–Crippen LogP) is 6.01. The summed E-state index contributed by atoms with van der Waals surface area (Å²) in [6, 6.07) is 11.3. The van der Waals surface area contributed by atoms with Gasteiger partial charge < -0.3 is 25.4 Å². The van der Waals surface area contributed by atoms with Crippen LogP contribution in [0, 0.1) is 0 Å². The van der Waals surface area contributed by atoms with Crippen molar-refractivity contribution in [1.29, 1.82) is 0 Å². The lowest BCUT2D eigenvalue weighted by Gasteiger charge is -2.23. The van der Waals surface area contributed by atoms with Gasteiger partial charge in [0.2, 0.25) is 0 Å². The minimum absolute atomic E-state index is 0.552. The van der Waals surface area contributed by atoms with E-state index >= 15 is 0 Å². The van der Waals surface area contributed by atoms with Crippen LogP contribution < -0.4 is 25.4 Å². The lowest BCUT2D eigenvalue weighted by atomic mass is 10.2. The third-order valence-electron chi connectivity index (χ3n) is 4.78. The van der Waals surface area contributed by atoms with E-state index in [0.29, 0.717) is 28.6 Å². The summed E-state index contributed by atoms with van der Waals surface area (Å²) in [6.07, 6.45) is 6.61. The van der Waals surface area contributed by atoms with Gasteiger partial charge in [0, 0.05) is 24.8 Å². The zero-order valence-corrected chi connectivity index (χ0v) is 18.2. The van der Waals surface area contributed by atoms with Crippen LogP contribution in [0.5, 0.6) is 11.5 Å². The van der Waals surface area contributed by atoms with Crippen molar-refractivity contribution in [3.63, 3.8) is 0 Å². The number of hydrogen-bond acceptors (Lipinski definition) is 7. The molecule has 0 fully saturated rings. The fourth-order valence-electron chi connectivity index (χ4n) is 3.10. The van der Waals surface area contributed by atoms with E-state index in [4.69, 9.17) is 15.2 Å². The lowest BCUT2D eigenvalue weighted by molar-refractivity contribution is 0.0448. The molecule has 2 aromatic carbocycles. The van der Waals surface area contributed by atoms with Crippen molar-refractivity contribution < 1.29 is 9.47 Å². The van der Waals surface area contributed by atoms with Crippen LogP contribution in [0.25, 0.3) is 0 Å². The monoisotopic (exact) mass is 419 g/mol. The van der Waals surface area contributed by atoms with Crippen LogP contribution in [0.1, 0.15) is 20.8 Å². The summed E-state index contributed by atoms with van der Waals surface area (Å²) in [5.41, 5.74) is 9.86. The molecule has 3 rings (SSSR count). The summed E-state index contributed by atoms with van der Waals surface area (Å²) in [6.45, 7) is 11.7. The average molecular weight is 420 g/mol. The Hall–Kier alpha value is -3.74. The first kappa shape index (κ1) is 22.0. The quantitative estimate of drug-likeness (QED) is 0.295. The Labute approximate surface area is 183 Å². The molecule has 0 saturated carbocycles. The standard InChI is InChI=1S/C24H29N5O2/c1-5-9-10-17(6-2)27-28-18-11-14-22-21(15-18)26-24(30-22)31-23-16-19(12-13-20(23)25)29(7-3)8-4/h5-6,9-16,24,26H,2,7-8,25H2,1,3-4H3/b9-5-,17-10+,28-27?/t24-/m1/s1. The van der Waals surface area contributed by atoms with Crippen LogP contribution in [0.2, 0.25) is 0 Å². The summed E-state index contributed by atoms with van der Waals surface area (Å²) >= 11 is 0. The van der Waals surface area contributed by atoms with Gasteiger partial charge >= 0.3 is 6.41 Å². The number of nitrogens with one attached hydrogen (secondary N) is 1. The van der Waals surface area contributed by atoms with Gasteiger partial charge in [-0.15, -0.1) is 0 Å². The molecule has 162 valence electrons. The minimum atomic E-state index is -0.685. The molecule has 1 aliphatic rings. The average Bonchev–Trinajstić information content (AvgIpc) is 3.18. The van der Waals surface area contributed by atoms with E-state index in [2.05, 4.69) is 40.9 Å². The molecule has 1 atom stereocenters. The first-order chi connectivity index (χ1) is 15.1. The molecule has 0 amide bonds. The maximum absolute atomic E-state index is 6.12. The van der Waals surface area contributed by atoms with Crippen molar-refractivity contribution >= 4 is 22.7 Å². The molecule has 1 aliphatic heterocycles. The van der Waals surface area contributed by atoms with E-state index in [1.807, 2.05) is 61.5 Å². The molecule has 0 saturated heterocycles. The van der Waals surface area contributed by atoms with Gasteiger partial charge in [0.15, 0.2) is 5.75 Å². The second kappa shape index (κ2) is 10.3. The molecule has 0 bridgehead atoms. The number of allylic oxidation sites excluding steroid dienone is 4. The zero-order valence-electron chi connectivity index (χ0n) is 18.2. The maximum atomic E-state index is 6.12. The third-order valence-corrected chi connectivity index (χ3v) is 4.78.